The van der Waals surface area contributed by atoms with Crippen molar-refractivity contribution in [2.45, 2.75) is 37.6 Å². The molecule has 8 heavy (non-hydrogen) atoms. The fraction of sp³-hybridized carbons (Fsp3) is 1.00. The Kier molecular flexibility index (Phi) is 15.8. The molecule has 0 amide bonds. The van der Waals surface area contributed by atoms with Crippen LogP contribution in [-0.4, -0.2) is 0 Å². The minimum Gasteiger partial charge on any atom is -0.147 e. The summed E-state index contributed by atoms with van der Waals surface area (Å²) in [6.45, 7) is 2.26. The van der Waals surface area contributed by atoms with Gasteiger partial charge >= 0.3 is 55.9 Å². The van der Waals surface area contributed by atoms with Gasteiger partial charge in [0.1, 0.15) is 0 Å². The van der Waals surface area contributed by atoms with Crippen molar-refractivity contribution >= 4 is 12.4 Å². The average molecular weight is 187 g/mol. The molecule has 0 bridgehead atoms. The molecule has 0 aliphatic carbocycles. The molecular weight excluding hydrogens is 173 g/mol. The third-order valence-electron chi connectivity index (χ3n) is 1.10. The minimum atomic E-state index is 0. The van der Waals surface area contributed by atoms with Crippen LogP contribution in [0.5, 0.6) is 0 Å². The van der Waals surface area contributed by atoms with Crippen LogP contribution < -0.4 is 0 Å². The summed E-state index contributed by atoms with van der Waals surface area (Å²) in [6.07, 6.45) is 5.77. The van der Waals surface area contributed by atoms with Crippen LogP contribution >= 0.6 is 12.4 Å². The monoisotopic (exact) mass is 185 g/mol. The molecule has 0 N–H and O–H groups in total. The van der Waals surface area contributed by atoms with Crippen molar-refractivity contribution in [3.63, 3.8) is 0 Å². The van der Waals surface area contributed by atoms with Gasteiger partial charge in [-0.1, -0.05) is 0 Å². The van der Waals surface area contributed by atoms with Gasteiger partial charge in [-0.2, -0.15) is 0 Å². The second kappa shape index (κ2) is 10.8. The van der Waals surface area contributed by atoms with E-state index in [4.69, 9.17) is 0 Å². The van der Waals surface area contributed by atoms with Gasteiger partial charge in [0.25, 0.3) is 0 Å². The summed E-state index contributed by atoms with van der Waals surface area (Å²) in [7, 11) is 0. The van der Waals surface area contributed by atoms with E-state index in [1.165, 1.54) is 49.0 Å². The van der Waals surface area contributed by atoms with Gasteiger partial charge in [-0.05, 0) is 0 Å². The fourth-order valence-corrected chi connectivity index (χ4v) is 1.35. The molecule has 0 radical (unpaired) electrons. The van der Waals surface area contributed by atoms with Crippen molar-refractivity contribution in [2.75, 3.05) is 0 Å². The molecule has 0 heterocycles. The van der Waals surface area contributed by atoms with Crippen LogP contribution in [0, 0.1) is 0 Å². The van der Waals surface area contributed by atoms with Crippen LogP contribution in [-0.2, 0) is 18.3 Å². The van der Waals surface area contributed by atoms with Gasteiger partial charge in [0.2, 0.25) is 0 Å². The maximum absolute atomic E-state index is 2.26. The standard InChI is InChI=1S/C6H13.ClH.Zn/c1-3-5-6-4-2;;/h1,3-6H2,2H3;1H;. The van der Waals surface area contributed by atoms with Crippen molar-refractivity contribution in [3.05, 3.63) is 0 Å². The Bertz CT molecular complexity index is 27.7. The molecule has 0 fully saturated rings. The summed E-state index contributed by atoms with van der Waals surface area (Å²) in [5, 5.41) is 1.49. The van der Waals surface area contributed by atoms with Crippen LogP contribution in [0.1, 0.15) is 32.6 Å². The van der Waals surface area contributed by atoms with Crippen molar-refractivity contribution in [3.8, 4) is 0 Å². The Morgan fingerprint density at radius 1 is 1.12 bits per heavy atom. The Morgan fingerprint density at radius 3 is 2.12 bits per heavy atom. The van der Waals surface area contributed by atoms with E-state index in [-0.39, 0.29) is 12.4 Å². The maximum Gasteiger partial charge on any atom is -0.147 e. The first-order valence-electron chi connectivity index (χ1n) is 3.21. The summed E-state index contributed by atoms with van der Waals surface area (Å²) in [4.78, 5) is 0. The Balaban J connectivity index is 0. The van der Waals surface area contributed by atoms with Crippen LogP contribution in [0.2, 0.25) is 5.02 Å². The van der Waals surface area contributed by atoms with Gasteiger partial charge in [0, 0.05) is 0 Å². The average Bonchev–Trinajstić information content (AvgIpc) is 1.69. The van der Waals surface area contributed by atoms with E-state index < -0.39 is 0 Å². The number of rotatable bonds is 4. The van der Waals surface area contributed by atoms with Crippen molar-refractivity contribution < 1.29 is 18.3 Å². The predicted octanol–water partition coefficient (Wildman–Crippen LogP) is 2.95. The molecule has 0 spiro atoms. The second-order valence-electron chi connectivity index (χ2n) is 1.91. The smallest absolute Gasteiger partial charge is 0.147 e. The van der Waals surface area contributed by atoms with Crippen molar-refractivity contribution in [1.82, 2.24) is 0 Å². The van der Waals surface area contributed by atoms with Crippen LogP contribution in [0.25, 0.3) is 0 Å². The molecular formula is C6H14ClZn. The third kappa shape index (κ3) is 10.0. The quantitative estimate of drug-likeness (QED) is 0.468. The van der Waals surface area contributed by atoms with E-state index >= 15 is 0 Å². The molecule has 0 atom stereocenters. The van der Waals surface area contributed by atoms with E-state index in [0.29, 0.717) is 0 Å². The number of hydrogen-bond donors (Lipinski definition) is 0. The van der Waals surface area contributed by atoms with Crippen LogP contribution in [0.15, 0.2) is 0 Å². The number of halogens is 1. The molecule has 47 valence electrons. The van der Waals surface area contributed by atoms with Gasteiger partial charge < -0.3 is 0 Å². The molecule has 0 aliphatic rings. The van der Waals surface area contributed by atoms with Gasteiger partial charge in [-0.15, -0.1) is 12.4 Å². The molecule has 0 aromatic rings. The largest absolute Gasteiger partial charge is 0.147 e. The zero-order chi connectivity index (χ0) is 5.54. The predicted molar refractivity (Wildman–Crippen MR) is 36.2 cm³/mol. The summed E-state index contributed by atoms with van der Waals surface area (Å²) in [6, 6.07) is 0. The Hall–Kier alpha value is 0.913. The zero-order valence-electron chi connectivity index (χ0n) is 5.65. The first-order chi connectivity index (χ1) is 3.41. The van der Waals surface area contributed by atoms with E-state index in [1.54, 1.807) is 0 Å². The Labute approximate surface area is 68.5 Å². The zero-order valence-corrected chi connectivity index (χ0v) is 9.43. The van der Waals surface area contributed by atoms with Crippen LogP contribution in [0.3, 0.4) is 0 Å². The summed E-state index contributed by atoms with van der Waals surface area (Å²) in [5.74, 6) is 0. The minimum absolute atomic E-state index is 0. The van der Waals surface area contributed by atoms with Crippen molar-refractivity contribution in [1.29, 1.82) is 0 Å². The third-order valence-corrected chi connectivity index (χ3v) is 2.15. The maximum atomic E-state index is 2.26. The molecule has 0 unspecified atom stereocenters. The first kappa shape index (κ1) is 11.7. The fourth-order valence-electron chi connectivity index (χ4n) is 0.604. The second-order valence-corrected chi connectivity index (χ2v) is 3.40. The summed E-state index contributed by atoms with van der Waals surface area (Å²) in [5.41, 5.74) is 0. The number of hydrogen-bond acceptors (Lipinski definition) is 0. The normalized spacial score (nSPS) is 8.38. The van der Waals surface area contributed by atoms with E-state index in [9.17, 15) is 0 Å². The molecule has 0 nitrogen and oxygen atoms in total. The first-order valence-corrected chi connectivity index (χ1v) is 5.31. The van der Waals surface area contributed by atoms with Gasteiger partial charge in [-0.25, -0.2) is 0 Å². The summed E-state index contributed by atoms with van der Waals surface area (Å²) < 4.78 is 0. The van der Waals surface area contributed by atoms with E-state index in [1.807, 2.05) is 0 Å². The van der Waals surface area contributed by atoms with Crippen LogP contribution in [0.4, 0.5) is 0 Å². The molecule has 0 aromatic carbocycles. The molecule has 0 saturated heterocycles. The SMILES string of the molecule is CCCCC[CH2][Zn].Cl. The van der Waals surface area contributed by atoms with Gasteiger partial charge in [0.15, 0.2) is 0 Å². The summed E-state index contributed by atoms with van der Waals surface area (Å²) >= 11 is 1.49. The molecule has 0 aromatic heterocycles. The molecule has 2 heteroatoms. The van der Waals surface area contributed by atoms with Crippen molar-refractivity contribution in [2.24, 2.45) is 0 Å². The molecule has 0 aliphatic heterocycles. The van der Waals surface area contributed by atoms with Gasteiger partial charge in [-0.3, -0.25) is 0 Å². The topological polar surface area (TPSA) is 0 Å². The van der Waals surface area contributed by atoms with E-state index in [0.717, 1.165) is 0 Å². The molecule has 0 rings (SSSR count). The molecule has 0 saturated carbocycles. The number of unbranched alkanes of at least 4 members (excludes halogenated alkanes) is 3. The van der Waals surface area contributed by atoms with Gasteiger partial charge in [0.05, 0.1) is 0 Å². The Morgan fingerprint density at radius 2 is 1.75 bits per heavy atom. The van der Waals surface area contributed by atoms with E-state index in [2.05, 4.69) is 6.92 Å².